The Kier molecular flexibility index (Phi) is 9.43. The number of para-hydroxylation sites is 1. The first-order chi connectivity index (χ1) is 18.4. The molecule has 39 heavy (non-hydrogen) atoms. The van der Waals surface area contributed by atoms with Crippen molar-refractivity contribution >= 4 is 44.5 Å². The maximum Gasteiger partial charge on any atom is 0.242 e. The van der Waals surface area contributed by atoms with Crippen molar-refractivity contribution in [1.29, 1.82) is 5.41 Å². The maximum absolute atomic E-state index is 13.1. The minimum absolute atomic E-state index is 0.0249. The Hall–Kier alpha value is -4.23. The van der Waals surface area contributed by atoms with E-state index in [9.17, 15) is 22.8 Å². The lowest BCUT2D eigenvalue weighted by Gasteiger charge is -2.23. The third kappa shape index (κ3) is 7.21. The monoisotopic (exact) mass is 555 g/mol. The van der Waals surface area contributed by atoms with Crippen LogP contribution in [0.4, 0.5) is 0 Å². The highest BCUT2D eigenvalue weighted by atomic mass is 32.2. The highest BCUT2D eigenvalue weighted by Crippen LogP contribution is 2.24. The van der Waals surface area contributed by atoms with E-state index in [-0.39, 0.29) is 25.1 Å². The van der Waals surface area contributed by atoms with Gasteiger partial charge in [0.2, 0.25) is 27.7 Å². The molecule has 0 aliphatic rings. The SMILES string of the molecule is CCS(=O)(=O)n1cc(C[C@@H](N)C(=O)N[C@@H](CC(C(=N)N)C(N)=O)C(=O)NCc2ccccc2)c2ccccc21. The van der Waals surface area contributed by atoms with E-state index in [0.29, 0.717) is 16.5 Å². The standard InChI is InChI=1S/C26H33N7O5S/c1-2-39(37,38)33-15-17(18-10-6-7-11-22(18)33)12-20(27)25(35)32-21(13-19(23(28)29)24(30)34)26(36)31-14-16-8-4-3-5-9-16/h3-11,15,19-21H,2,12-14,27H2,1H3,(H3,28,29)(H2,30,34)(H,31,36)(H,32,35)/t19?,20-,21+/m1/s1. The quantitative estimate of drug-likeness (QED) is 0.125. The van der Waals surface area contributed by atoms with E-state index in [0.717, 1.165) is 5.56 Å². The second-order valence-electron chi connectivity index (χ2n) is 9.09. The second kappa shape index (κ2) is 12.5. The van der Waals surface area contributed by atoms with E-state index < -0.39 is 51.6 Å². The van der Waals surface area contributed by atoms with Crippen LogP contribution in [-0.4, -0.2) is 53.8 Å². The van der Waals surface area contributed by atoms with Crippen LogP contribution in [-0.2, 0) is 37.4 Å². The number of carbonyl (C=O) groups excluding carboxylic acids is 3. The van der Waals surface area contributed by atoms with Crippen molar-refractivity contribution in [3.8, 4) is 0 Å². The van der Waals surface area contributed by atoms with Gasteiger partial charge in [-0.3, -0.25) is 19.8 Å². The number of amidine groups is 1. The number of nitrogens with two attached hydrogens (primary N) is 3. The average molecular weight is 556 g/mol. The number of amides is 3. The molecule has 0 aliphatic heterocycles. The van der Waals surface area contributed by atoms with Gasteiger partial charge in [0.25, 0.3) is 0 Å². The molecule has 3 atom stereocenters. The Balaban J connectivity index is 1.81. The second-order valence-corrected chi connectivity index (χ2v) is 11.2. The van der Waals surface area contributed by atoms with Crippen LogP contribution in [0, 0.1) is 11.3 Å². The Morgan fingerprint density at radius 2 is 1.64 bits per heavy atom. The number of nitrogens with one attached hydrogen (secondary N) is 3. The van der Waals surface area contributed by atoms with E-state index in [1.54, 1.807) is 48.5 Å². The smallest absolute Gasteiger partial charge is 0.242 e. The third-order valence-corrected chi connectivity index (χ3v) is 7.97. The zero-order valence-corrected chi connectivity index (χ0v) is 22.3. The molecule has 1 aromatic heterocycles. The number of hydrogen-bond donors (Lipinski definition) is 6. The minimum Gasteiger partial charge on any atom is -0.387 e. The fourth-order valence-electron chi connectivity index (χ4n) is 4.13. The zero-order chi connectivity index (χ0) is 28.7. The molecule has 0 bridgehead atoms. The Labute approximate surface area is 226 Å². The van der Waals surface area contributed by atoms with Gasteiger partial charge in [0, 0.05) is 18.1 Å². The van der Waals surface area contributed by atoms with Gasteiger partial charge in [-0.15, -0.1) is 0 Å². The van der Waals surface area contributed by atoms with Crippen molar-refractivity contribution in [2.24, 2.45) is 23.1 Å². The van der Waals surface area contributed by atoms with E-state index >= 15 is 0 Å². The summed E-state index contributed by atoms with van der Waals surface area (Å²) in [7, 11) is -3.60. The van der Waals surface area contributed by atoms with Crippen LogP contribution >= 0.6 is 0 Å². The molecule has 12 nitrogen and oxygen atoms in total. The van der Waals surface area contributed by atoms with Gasteiger partial charge in [0.15, 0.2) is 0 Å². The zero-order valence-electron chi connectivity index (χ0n) is 21.5. The normalized spacial score (nSPS) is 13.8. The molecule has 0 fully saturated rings. The summed E-state index contributed by atoms with van der Waals surface area (Å²) < 4.78 is 26.3. The van der Waals surface area contributed by atoms with Crippen molar-refractivity contribution in [3.05, 3.63) is 71.9 Å². The molecule has 3 amide bonds. The average Bonchev–Trinajstić information content (AvgIpc) is 3.28. The Bertz CT molecular complexity index is 1460. The van der Waals surface area contributed by atoms with Gasteiger partial charge in [-0.25, -0.2) is 12.4 Å². The van der Waals surface area contributed by atoms with Crippen molar-refractivity contribution in [2.75, 3.05) is 5.75 Å². The molecular formula is C26H33N7O5S. The number of benzene rings is 2. The summed E-state index contributed by atoms with van der Waals surface area (Å²) in [6, 6.07) is 13.5. The lowest BCUT2D eigenvalue weighted by Crippen LogP contribution is -2.54. The number of primary amides is 1. The molecule has 1 unspecified atom stereocenters. The summed E-state index contributed by atoms with van der Waals surface area (Å²) in [5.41, 5.74) is 18.9. The molecule has 13 heteroatoms. The molecule has 0 radical (unpaired) electrons. The summed E-state index contributed by atoms with van der Waals surface area (Å²) >= 11 is 0. The predicted octanol–water partition coefficient (Wildman–Crippen LogP) is -0.0623. The molecule has 208 valence electrons. The fourth-order valence-corrected chi connectivity index (χ4v) is 5.15. The number of fused-ring (bicyclic) bond motifs is 1. The lowest BCUT2D eigenvalue weighted by molar-refractivity contribution is -0.130. The maximum atomic E-state index is 13.1. The van der Waals surface area contributed by atoms with E-state index in [4.69, 9.17) is 22.6 Å². The number of hydrogen-bond acceptors (Lipinski definition) is 7. The molecule has 1 heterocycles. The molecule has 9 N–H and O–H groups in total. The van der Waals surface area contributed by atoms with Gasteiger partial charge >= 0.3 is 0 Å². The Morgan fingerprint density at radius 3 is 2.26 bits per heavy atom. The van der Waals surface area contributed by atoms with Crippen LogP contribution < -0.4 is 27.8 Å². The van der Waals surface area contributed by atoms with Crippen LogP contribution in [0.1, 0.15) is 24.5 Å². The first-order valence-electron chi connectivity index (χ1n) is 12.3. The van der Waals surface area contributed by atoms with E-state index in [2.05, 4.69) is 10.6 Å². The summed E-state index contributed by atoms with van der Waals surface area (Å²) in [6.45, 7) is 1.69. The lowest BCUT2D eigenvalue weighted by atomic mass is 9.96. The number of carbonyl (C=O) groups is 3. The van der Waals surface area contributed by atoms with Gasteiger partial charge in [-0.05, 0) is 37.0 Å². The molecule has 0 saturated heterocycles. The largest absolute Gasteiger partial charge is 0.387 e. The highest BCUT2D eigenvalue weighted by Gasteiger charge is 2.31. The molecule has 0 aliphatic carbocycles. The van der Waals surface area contributed by atoms with Gasteiger partial charge in [-0.2, -0.15) is 0 Å². The third-order valence-electron chi connectivity index (χ3n) is 6.33. The van der Waals surface area contributed by atoms with Crippen LogP contribution in [0.5, 0.6) is 0 Å². The number of nitrogens with zero attached hydrogens (tertiary/aromatic N) is 1. The first kappa shape index (κ1) is 29.3. The summed E-state index contributed by atoms with van der Waals surface area (Å²) in [4.78, 5) is 38.0. The van der Waals surface area contributed by atoms with E-state index in [1.807, 2.05) is 6.07 Å². The molecule has 0 spiro atoms. The van der Waals surface area contributed by atoms with Gasteiger partial charge in [0.1, 0.15) is 11.9 Å². The van der Waals surface area contributed by atoms with Crippen molar-refractivity contribution in [3.63, 3.8) is 0 Å². The van der Waals surface area contributed by atoms with E-state index in [1.165, 1.54) is 17.1 Å². The first-order valence-corrected chi connectivity index (χ1v) is 13.9. The topological polar surface area (TPSA) is 216 Å². The molecule has 3 rings (SSSR count). The van der Waals surface area contributed by atoms with Crippen molar-refractivity contribution in [1.82, 2.24) is 14.6 Å². The minimum atomic E-state index is -3.60. The van der Waals surface area contributed by atoms with Gasteiger partial charge in [0.05, 0.1) is 23.2 Å². The van der Waals surface area contributed by atoms with Crippen LogP contribution in [0.25, 0.3) is 10.9 Å². The number of aromatic nitrogens is 1. The molecule has 2 aromatic carbocycles. The van der Waals surface area contributed by atoms with Crippen LogP contribution in [0.15, 0.2) is 60.8 Å². The fraction of sp³-hybridized carbons (Fsp3) is 0.308. The van der Waals surface area contributed by atoms with Crippen molar-refractivity contribution in [2.45, 2.75) is 38.4 Å². The van der Waals surface area contributed by atoms with Crippen LogP contribution in [0.2, 0.25) is 0 Å². The molecular weight excluding hydrogens is 522 g/mol. The van der Waals surface area contributed by atoms with Crippen LogP contribution in [0.3, 0.4) is 0 Å². The van der Waals surface area contributed by atoms with Crippen molar-refractivity contribution < 1.29 is 22.8 Å². The summed E-state index contributed by atoms with van der Waals surface area (Å²) in [5, 5.41) is 13.5. The summed E-state index contributed by atoms with van der Waals surface area (Å²) in [5.74, 6) is -4.17. The predicted molar refractivity (Wildman–Crippen MR) is 148 cm³/mol. The number of rotatable bonds is 13. The Morgan fingerprint density at radius 1 is 1.00 bits per heavy atom. The van der Waals surface area contributed by atoms with Gasteiger partial charge < -0.3 is 27.8 Å². The summed E-state index contributed by atoms with van der Waals surface area (Å²) in [6.07, 6.45) is 1.08. The highest BCUT2D eigenvalue weighted by molar-refractivity contribution is 7.90. The molecule has 0 saturated carbocycles. The molecule has 3 aromatic rings. The van der Waals surface area contributed by atoms with Gasteiger partial charge in [-0.1, -0.05) is 48.5 Å².